The van der Waals surface area contributed by atoms with Crippen LogP contribution in [0.3, 0.4) is 0 Å². The Morgan fingerprint density at radius 1 is 1.30 bits per heavy atom. The molecule has 1 fully saturated rings. The fourth-order valence-corrected chi connectivity index (χ4v) is 3.33. The highest BCUT2D eigenvalue weighted by atomic mass is 16.5. The summed E-state index contributed by atoms with van der Waals surface area (Å²) < 4.78 is 5.41. The van der Waals surface area contributed by atoms with Gasteiger partial charge in [0.25, 0.3) is 0 Å². The fraction of sp³-hybridized carbons (Fsp3) is 0.471. The molecule has 0 aliphatic heterocycles. The minimum atomic E-state index is -0.297. The van der Waals surface area contributed by atoms with Crippen LogP contribution < -0.4 is 4.74 Å². The lowest BCUT2D eigenvalue weighted by atomic mass is 9.90. The van der Waals surface area contributed by atoms with Gasteiger partial charge in [-0.3, -0.25) is 4.79 Å². The number of esters is 1. The van der Waals surface area contributed by atoms with Crippen LogP contribution in [0, 0.1) is 31.6 Å². The highest BCUT2D eigenvalue weighted by molar-refractivity contribution is 5.73. The first-order valence-corrected chi connectivity index (χ1v) is 7.19. The number of ether oxygens (including phenoxy) is 1. The van der Waals surface area contributed by atoms with Crippen molar-refractivity contribution >= 4 is 5.97 Å². The average Bonchev–Trinajstić information content (AvgIpc) is 2.89. The molecule has 4 unspecified atom stereocenters. The van der Waals surface area contributed by atoms with E-state index >= 15 is 0 Å². The van der Waals surface area contributed by atoms with Gasteiger partial charge in [0, 0.05) is 18.3 Å². The molecule has 106 valence electrons. The van der Waals surface area contributed by atoms with E-state index in [-0.39, 0.29) is 29.8 Å². The molecule has 3 heteroatoms. The van der Waals surface area contributed by atoms with Crippen LogP contribution >= 0.6 is 0 Å². The largest absolute Gasteiger partial charge is 0.427 e. The van der Waals surface area contributed by atoms with Crippen molar-refractivity contribution in [1.82, 2.24) is 0 Å². The summed E-state index contributed by atoms with van der Waals surface area (Å²) in [6, 6.07) is 5.68. The van der Waals surface area contributed by atoms with Crippen LogP contribution in [0.25, 0.3) is 0 Å². The summed E-state index contributed by atoms with van der Waals surface area (Å²) in [4.78, 5) is 12.0. The average molecular weight is 272 g/mol. The second kappa shape index (κ2) is 5.06. The zero-order valence-corrected chi connectivity index (χ0v) is 11.9. The smallest absolute Gasteiger partial charge is 0.311 e. The lowest BCUT2D eigenvalue weighted by Gasteiger charge is -2.17. The molecule has 2 aliphatic carbocycles. The summed E-state index contributed by atoms with van der Waals surface area (Å²) in [5.41, 5.74) is 2.31. The van der Waals surface area contributed by atoms with Crippen LogP contribution in [0.2, 0.25) is 0 Å². The number of aliphatic hydroxyl groups excluding tert-OH is 1. The monoisotopic (exact) mass is 272 g/mol. The lowest BCUT2D eigenvalue weighted by Crippen LogP contribution is -2.20. The van der Waals surface area contributed by atoms with Crippen LogP contribution in [0.1, 0.15) is 24.0 Å². The first-order valence-electron chi connectivity index (χ1n) is 7.19. The maximum absolute atomic E-state index is 12.0. The van der Waals surface area contributed by atoms with Gasteiger partial charge in [0.1, 0.15) is 5.75 Å². The number of aryl methyl sites for hydroxylation is 2. The van der Waals surface area contributed by atoms with Crippen molar-refractivity contribution < 1.29 is 14.6 Å². The van der Waals surface area contributed by atoms with Gasteiger partial charge < -0.3 is 9.84 Å². The van der Waals surface area contributed by atoms with Crippen molar-refractivity contribution in [3.8, 4) is 5.75 Å². The highest BCUT2D eigenvalue weighted by Gasteiger charge is 2.44. The van der Waals surface area contributed by atoms with E-state index in [2.05, 4.69) is 6.08 Å². The number of fused-ring (bicyclic) bond motifs is 2. The zero-order chi connectivity index (χ0) is 14.3. The summed E-state index contributed by atoms with van der Waals surface area (Å²) in [5, 5.41) is 9.95. The fourth-order valence-electron chi connectivity index (χ4n) is 3.33. The SMILES string of the molecule is Cc1ccc(OC(=O)CC2CC3C=CC2C3O)cc1C. The Bertz CT molecular complexity index is 561. The third kappa shape index (κ3) is 2.38. The van der Waals surface area contributed by atoms with Crippen LogP contribution in [-0.2, 0) is 4.79 Å². The van der Waals surface area contributed by atoms with Gasteiger partial charge in [-0.1, -0.05) is 18.2 Å². The Labute approximate surface area is 119 Å². The van der Waals surface area contributed by atoms with E-state index < -0.39 is 0 Å². The second-order valence-electron chi connectivity index (χ2n) is 6.04. The number of carbonyl (C=O) groups excluding carboxylic acids is 1. The Balaban J connectivity index is 1.60. The number of hydrogen-bond acceptors (Lipinski definition) is 3. The number of aliphatic hydroxyl groups is 1. The van der Waals surface area contributed by atoms with Crippen molar-refractivity contribution in [2.24, 2.45) is 17.8 Å². The Hall–Kier alpha value is -1.61. The molecule has 0 amide bonds. The minimum absolute atomic E-state index is 0.132. The molecule has 1 saturated carbocycles. The Kier molecular flexibility index (Phi) is 3.38. The number of benzene rings is 1. The van der Waals surface area contributed by atoms with Gasteiger partial charge in [0.2, 0.25) is 0 Å². The van der Waals surface area contributed by atoms with Gasteiger partial charge in [0.15, 0.2) is 0 Å². The summed E-state index contributed by atoms with van der Waals surface area (Å²) in [6.45, 7) is 4.04. The van der Waals surface area contributed by atoms with Crippen molar-refractivity contribution in [3.63, 3.8) is 0 Å². The van der Waals surface area contributed by atoms with Crippen molar-refractivity contribution in [2.45, 2.75) is 32.8 Å². The van der Waals surface area contributed by atoms with E-state index in [9.17, 15) is 9.90 Å². The van der Waals surface area contributed by atoms with E-state index in [0.29, 0.717) is 12.2 Å². The molecule has 0 spiro atoms. The third-order valence-electron chi connectivity index (χ3n) is 4.67. The topological polar surface area (TPSA) is 46.5 Å². The molecule has 0 radical (unpaired) electrons. The predicted octanol–water partition coefficient (Wildman–Crippen LogP) is 2.78. The van der Waals surface area contributed by atoms with Crippen LogP contribution in [0.15, 0.2) is 30.4 Å². The molecule has 3 nitrogen and oxygen atoms in total. The van der Waals surface area contributed by atoms with Gasteiger partial charge in [0.05, 0.1) is 6.10 Å². The summed E-state index contributed by atoms with van der Waals surface area (Å²) >= 11 is 0. The first kappa shape index (κ1) is 13.4. The molecule has 2 aliphatic rings. The van der Waals surface area contributed by atoms with Gasteiger partial charge >= 0.3 is 5.97 Å². The second-order valence-corrected chi connectivity index (χ2v) is 6.04. The molecule has 0 heterocycles. The normalized spacial score (nSPS) is 30.8. The van der Waals surface area contributed by atoms with Crippen molar-refractivity contribution in [1.29, 1.82) is 0 Å². The number of rotatable bonds is 3. The van der Waals surface area contributed by atoms with Gasteiger partial charge in [-0.2, -0.15) is 0 Å². The standard InChI is InChI=1S/C17H20O3/c1-10-3-5-14(7-11(10)2)20-16(18)9-13-8-12-4-6-15(13)17(12)19/h3-7,12-13,15,17,19H,8-9H2,1-2H3. The molecule has 4 atom stereocenters. The van der Waals surface area contributed by atoms with Crippen LogP contribution in [0.5, 0.6) is 5.75 Å². The number of hydrogen-bond donors (Lipinski definition) is 1. The molecule has 0 aromatic heterocycles. The Morgan fingerprint density at radius 3 is 2.70 bits per heavy atom. The van der Waals surface area contributed by atoms with E-state index in [4.69, 9.17) is 4.74 Å². The van der Waals surface area contributed by atoms with Crippen molar-refractivity contribution in [3.05, 3.63) is 41.5 Å². The summed E-state index contributed by atoms with van der Waals surface area (Å²) in [6.07, 6.45) is 5.10. The molecular weight excluding hydrogens is 252 g/mol. The van der Waals surface area contributed by atoms with E-state index in [1.807, 2.05) is 38.1 Å². The molecule has 2 bridgehead atoms. The van der Waals surface area contributed by atoms with Gasteiger partial charge in [-0.15, -0.1) is 0 Å². The molecule has 1 aromatic carbocycles. The predicted molar refractivity (Wildman–Crippen MR) is 76.4 cm³/mol. The first-order chi connectivity index (χ1) is 9.54. The minimum Gasteiger partial charge on any atom is -0.427 e. The quantitative estimate of drug-likeness (QED) is 0.523. The van der Waals surface area contributed by atoms with Gasteiger partial charge in [-0.05, 0) is 49.4 Å². The Morgan fingerprint density at radius 2 is 2.10 bits per heavy atom. The third-order valence-corrected chi connectivity index (χ3v) is 4.67. The molecular formula is C17H20O3. The van der Waals surface area contributed by atoms with Crippen molar-refractivity contribution in [2.75, 3.05) is 0 Å². The van der Waals surface area contributed by atoms with E-state index in [1.165, 1.54) is 5.56 Å². The molecule has 3 rings (SSSR count). The molecule has 20 heavy (non-hydrogen) atoms. The molecule has 0 saturated heterocycles. The van der Waals surface area contributed by atoms with Gasteiger partial charge in [-0.25, -0.2) is 0 Å². The molecule has 1 aromatic rings. The zero-order valence-electron chi connectivity index (χ0n) is 11.9. The van der Waals surface area contributed by atoms with Crippen LogP contribution in [0.4, 0.5) is 0 Å². The van der Waals surface area contributed by atoms with Crippen LogP contribution in [-0.4, -0.2) is 17.2 Å². The lowest BCUT2D eigenvalue weighted by molar-refractivity contribution is -0.135. The number of carbonyl (C=O) groups is 1. The maximum Gasteiger partial charge on any atom is 0.311 e. The molecule has 1 N–H and O–H groups in total. The summed E-state index contributed by atoms with van der Waals surface area (Å²) in [7, 11) is 0. The summed E-state index contributed by atoms with van der Waals surface area (Å²) in [5.74, 6) is 0.995. The van der Waals surface area contributed by atoms with E-state index in [1.54, 1.807) is 0 Å². The van der Waals surface area contributed by atoms with E-state index in [0.717, 1.165) is 12.0 Å². The highest BCUT2D eigenvalue weighted by Crippen LogP contribution is 2.45. The maximum atomic E-state index is 12.0.